The molecule has 1 fully saturated rings. The maximum Gasteiger partial charge on any atom is 0.326 e. The third-order valence-corrected chi connectivity index (χ3v) is 3.46. The zero-order valence-corrected chi connectivity index (χ0v) is 11.0. The summed E-state index contributed by atoms with van der Waals surface area (Å²) in [6.45, 7) is 0.590. The summed E-state index contributed by atoms with van der Waals surface area (Å²) in [6.07, 6.45) is 0.0256. The summed E-state index contributed by atoms with van der Waals surface area (Å²) in [5.74, 6) is -1.46. The highest BCUT2D eigenvalue weighted by atomic mass is 16.4. The van der Waals surface area contributed by atoms with Gasteiger partial charge in [0.1, 0.15) is 6.04 Å². The first-order valence-electron chi connectivity index (χ1n) is 6.53. The van der Waals surface area contributed by atoms with Gasteiger partial charge >= 0.3 is 5.97 Å². The Morgan fingerprint density at radius 2 is 1.95 bits per heavy atom. The number of β-amino-alcohol motifs (C(OH)–C–C–N with tert-alkyl or cyclic N) is 1. The lowest BCUT2D eigenvalue weighted by molar-refractivity contribution is -0.141. The van der Waals surface area contributed by atoms with Crippen molar-refractivity contribution in [1.82, 2.24) is 4.90 Å². The third-order valence-electron chi connectivity index (χ3n) is 3.46. The predicted octanol–water partition coefficient (Wildman–Crippen LogP) is -0.152. The normalized spacial score (nSPS) is 22.0. The first-order chi connectivity index (χ1) is 9.52. The van der Waals surface area contributed by atoms with Gasteiger partial charge in [-0.05, 0) is 30.7 Å². The number of carbonyl (C=O) groups excluding carboxylic acids is 1. The van der Waals surface area contributed by atoms with Crippen LogP contribution in [0.5, 0.6) is 0 Å². The Hall–Kier alpha value is -1.92. The lowest BCUT2D eigenvalue weighted by Crippen LogP contribution is -2.40. The van der Waals surface area contributed by atoms with Gasteiger partial charge in [0.2, 0.25) is 0 Å². The average Bonchev–Trinajstić information content (AvgIpc) is 2.81. The van der Waals surface area contributed by atoms with Crippen LogP contribution in [0.4, 0.5) is 0 Å². The van der Waals surface area contributed by atoms with E-state index >= 15 is 0 Å². The quantitative estimate of drug-likeness (QED) is 0.710. The number of carboxylic acids is 1. The summed E-state index contributed by atoms with van der Waals surface area (Å²) in [7, 11) is 0. The van der Waals surface area contributed by atoms with Crippen molar-refractivity contribution in [2.45, 2.75) is 25.0 Å². The minimum atomic E-state index is -1.09. The second-order valence-electron chi connectivity index (χ2n) is 4.94. The first kappa shape index (κ1) is 14.5. The van der Waals surface area contributed by atoms with Gasteiger partial charge in [-0.3, -0.25) is 4.79 Å². The highest BCUT2D eigenvalue weighted by molar-refractivity contribution is 5.97. The lowest BCUT2D eigenvalue weighted by atomic mass is 10.1. The molecule has 1 heterocycles. The van der Waals surface area contributed by atoms with Gasteiger partial charge in [-0.25, -0.2) is 4.79 Å². The minimum absolute atomic E-state index is 0.0559. The summed E-state index contributed by atoms with van der Waals surface area (Å²) in [5, 5.41) is 18.7. The number of nitrogens with two attached hydrogens (primary N) is 1. The Labute approximate surface area is 116 Å². The molecule has 20 heavy (non-hydrogen) atoms. The molecule has 0 aromatic heterocycles. The Morgan fingerprint density at radius 3 is 2.50 bits per heavy atom. The van der Waals surface area contributed by atoms with Gasteiger partial charge in [0.25, 0.3) is 5.91 Å². The number of aliphatic hydroxyl groups is 1. The molecule has 0 spiro atoms. The van der Waals surface area contributed by atoms with E-state index in [-0.39, 0.29) is 18.9 Å². The van der Waals surface area contributed by atoms with Crippen molar-refractivity contribution >= 4 is 11.9 Å². The van der Waals surface area contributed by atoms with E-state index < -0.39 is 18.1 Å². The number of benzene rings is 1. The molecule has 2 rings (SSSR count). The Kier molecular flexibility index (Phi) is 4.36. The second kappa shape index (κ2) is 6.02. The fourth-order valence-corrected chi connectivity index (χ4v) is 2.42. The maximum absolute atomic E-state index is 12.3. The van der Waals surface area contributed by atoms with Gasteiger partial charge in [-0.2, -0.15) is 0 Å². The number of aliphatic carboxylic acids is 1. The molecule has 1 aliphatic rings. The molecule has 0 radical (unpaired) electrons. The summed E-state index contributed by atoms with van der Waals surface area (Å²) < 4.78 is 0. The van der Waals surface area contributed by atoms with E-state index in [2.05, 4.69) is 0 Å². The van der Waals surface area contributed by atoms with Crippen LogP contribution in [-0.2, 0) is 11.2 Å². The van der Waals surface area contributed by atoms with Gasteiger partial charge in [0.15, 0.2) is 0 Å². The molecule has 108 valence electrons. The predicted molar refractivity (Wildman–Crippen MR) is 72.3 cm³/mol. The number of aliphatic hydroxyl groups excluding tert-OH is 1. The van der Waals surface area contributed by atoms with Crippen LogP contribution >= 0.6 is 0 Å². The van der Waals surface area contributed by atoms with E-state index in [4.69, 9.17) is 10.8 Å². The molecule has 0 bridgehead atoms. The van der Waals surface area contributed by atoms with E-state index in [9.17, 15) is 14.7 Å². The van der Waals surface area contributed by atoms with Gasteiger partial charge in [-0.15, -0.1) is 0 Å². The SMILES string of the molecule is NCCc1ccc(C(=O)N2CC(O)C[C@H]2C(=O)O)cc1. The third kappa shape index (κ3) is 2.97. The maximum atomic E-state index is 12.3. The molecule has 2 atom stereocenters. The number of rotatable bonds is 4. The number of amides is 1. The van der Waals surface area contributed by atoms with Crippen LogP contribution in [0.3, 0.4) is 0 Å². The monoisotopic (exact) mass is 278 g/mol. The Bertz CT molecular complexity index is 500. The summed E-state index contributed by atoms with van der Waals surface area (Å²) in [6, 6.07) is 5.99. The van der Waals surface area contributed by atoms with Crippen molar-refractivity contribution < 1.29 is 19.8 Å². The summed E-state index contributed by atoms with van der Waals surface area (Å²) >= 11 is 0. The molecule has 1 aromatic carbocycles. The Morgan fingerprint density at radius 1 is 1.30 bits per heavy atom. The van der Waals surface area contributed by atoms with Crippen LogP contribution in [-0.4, -0.2) is 52.2 Å². The van der Waals surface area contributed by atoms with E-state index in [1.54, 1.807) is 12.1 Å². The number of hydrogen-bond donors (Lipinski definition) is 3. The molecule has 0 saturated carbocycles. The van der Waals surface area contributed by atoms with Crippen molar-refractivity contribution in [3.05, 3.63) is 35.4 Å². The van der Waals surface area contributed by atoms with Crippen LogP contribution < -0.4 is 5.73 Å². The van der Waals surface area contributed by atoms with Crippen LogP contribution in [0, 0.1) is 0 Å². The van der Waals surface area contributed by atoms with E-state index in [1.807, 2.05) is 12.1 Å². The molecule has 1 aliphatic heterocycles. The highest BCUT2D eigenvalue weighted by Crippen LogP contribution is 2.21. The van der Waals surface area contributed by atoms with Crippen molar-refractivity contribution in [3.8, 4) is 0 Å². The standard InChI is InChI=1S/C14H18N2O4/c15-6-5-9-1-3-10(4-2-9)13(18)16-8-11(17)7-12(16)14(19)20/h1-4,11-12,17H,5-8,15H2,(H,19,20)/t11?,12-/m0/s1. The Balaban J connectivity index is 2.15. The molecule has 0 aliphatic carbocycles. The smallest absolute Gasteiger partial charge is 0.326 e. The topological polar surface area (TPSA) is 104 Å². The molecule has 1 unspecified atom stereocenters. The van der Waals surface area contributed by atoms with Crippen molar-refractivity contribution in [2.75, 3.05) is 13.1 Å². The summed E-state index contributed by atoms with van der Waals surface area (Å²) in [4.78, 5) is 24.6. The molecule has 6 nitrogen and oxygen atoms in total. The van der Waals surface area contributed by atoms with Crippen LogP contribution in [0.1, 0.15) is 22.3 Å². The average molecular weight is 278 g/mol. The van der Waals surface area contributed by atoms with Gasteiger partial charge < -0.3 is 20.8 Å². The van der Waals surface area contributed by atoms with E-state index in [1.165, 1.54) is 4.90 Å². The zero-order valence-electron chi connectivity index (χ0n) is 11.0. The van der Waals surface area contributed by atoms with E-state index in [0.29, 0.717) is 12.1 Å². The number of carboxylic acid groups (broad SMARTS) is 1. The van der Waals surface area contributed by atoms with Crippen LogP contribution in [0.15, 0.2) is 24.3 Å². The number of hydrogen-bond acceptors (Lipinski definition) is 4. The molecule has 1 amide bonds. The number of carbonyl (C=O) groups is 2. The van der Waals surface area contributed by atoms with Gasteiger partial charge in [-0.1, -0.05) is 12.1 Å². The molecule has 1 aromatic rings. The second-order valence-corrected chi connectivity index (χ2v) is 4.94. The van der Waals surface area contributed by atoms with Crippen molar-refractivity contribution in [3.63, 3.8) is 0 Å². The van der Waals surface area contributed by atoms with Crippen LogP contribution in [0.25, 0.3) is 0 Å². The number of nitrogens with zero attached hydrogens (tertiary/aromatic N) is 1. The molecule has 6 heteroatoms. The minimum Gasteiger partial charge on any atom is -0.480 e. The van der Waals surface area contributed by atoms with Crippen molar-refractivity contribution in [1.29, 1.82) is 0 Å². The number of likely N-dealkylation sites (tertiary alicyclic amines) is 1. The fourth-order valence-electron chi connectivity index (χ4n) is 2.42. The molecule has 1 saturated heterocycles. The summed E-state index contributed by atoms with van der Waals surface area (Å²) in [5.41, 5.74) is 6.91. The van der Waals surface area contributed by atoms with Gasteiger partial charge in [0, 0.05) is 18.5 Å². The molecule has 4 N–H and O–H groups in total. The zero-order chi connectivity index (χ0) is 14.7. The van der Waals surface area contributed by atoms with Crippen LogP contribution in [0.2, 0.25) is 0 Å². The highest BCUT2D eigenvalue weighted by Gasteiger charge is 2.39. The first-order valence-corrected chi connectivity index (χ1v) is 6.53. The van der Waals surface area contributed by atoms with Gasteiger partial charge in [0.05, 0.1) is 6.10 Å². The molecular weight excluding hydrogens is 260 g/mol. The lowest BCUT2D eigenvalue weighted by Gasteiger charge is -2.21. The largest absolute Gasteiger partial charge is 0.480 e. The van der Waals surface area contributed by atoms with E-state index in [0.717, 1.165) is 12.0 Å². The molecular formula is C14H18N2O4. The van der Waals surface area contributed by atoms with Crippen molar-refractivity contribution in [2.24, 2.45) is 5.73 Å². The fraction of sp³-hybridized carbons (Fsp3) is 0.429.